The van der Waals surface area contributed by atoms with E-state index in [1.165, 1.54) is 12.0 Å². The maximum Gasteiger partial charge on any atom is 0.254 e. The van der Waals surface area contributed by atoms with Gasteiger partial charge in [-0.1, -0.05) is 28.1 Å². The molecule has 0 atom stereocenters. The van der Waals surface area contributed by atoms with Crippen LogP contribution < -0.4 is 0 Å². The number of carbonyl (C=O) groups excluding carboxylic acids is 1. The summed E-state index contributed by atoms with van der Waals surface area (Å²) >= 11 is 3.40. The third-order valence-electron chi connectivity index (χ3n) is 3.69. The summed E-state index contributed by atoms with van der Waals surface area (Å²) in [6, 6.07) is 8.11. The molecule has 0 saturated heterocycles. The van der Waals surface area contributed by atoms with Gasteiger partial charge in [0, 0.05) is 30.1 Å². The van der Waals surface area contributed by atoms with Gasteiger partial charge in [-0.2, -0.15) is 0 Å². The van der Waals surface area contributed by atoms with Gasteiger partial charge in [0.2, 0.25) is 0 Å². The lowest BCUT2D eigenvalue weighted by molar-refractivity contribution is 0.0562. The smallest absolute Gasteiger partial charge is 0.254 e. The third-order valence-corrected chi connectivity index (χ3v) is 4.34. The van der Waals surface area contributed by atoms with Crippen LogP contribution in [0.25, 0.3) is 0 Å². The first-order valence-electron chi connectivity index (χ1n) is 6.83. The molecule has 0 unspecified atom stereocenters. The SMILES string of the molecule is O=C(c1ccc(CBr)cc1)N(CCCO)C1CCC1. The maximum absolute atomic E-state index is 12.5. The third kappa shape index (κ3) is 3.57. The molecule has 2 rings (SSSR count). The number of aliphatic hydroxyl groups excluding tert-OH is 1. The van der Waals surface area contributed by atoms with Gasteiger partial charge in [-0.05, 0) is 43.4 Å². The van der Waals surface area contributed by atoms with Gasteiger partial charge in [-0.3, -0.25) is 4.79 Å². The number of hydrogen-bond acceptors (Lipinski definition) is 2. The van der Waals surface area contributed by atoms with Crippen molar-refractivity contribution in [2.45, 2.75) is 37.1 Å². The van der Waals surface area contributed by atoms with E-state index in [9.17, 15) is 4.79 Å². The van der Waals surface area contributed by atoms with Crippen LogP contribution in [-0.2, 0) is 5.33 Å². The van der Waals surface area contributed by atoms with Crippen LogP contribution in [0.1, 0.15) is 41.6 Å². The van der Waals surface area contributed by atoms with Gasteiger partial charge in [0.15, 0.2) is 0 Å². The molecular weight excluding hydrogens is 306 g/mol. The van der Waals surface area contributed by atoms with Crippen LogP contribution in [0.5, 0.6) is 0 Å². The Morgan fingerprint density at radius 1 is 1.32 bits per heavy atom. The fraction of sp³-hybridized carbons (Fsp3) is 0.533. The lowest BCUT2D eigenvalue weighted by Gasteiger charge is -2.37. The highest BCUT2D eigenvalue weighted by Crippen LogP contribution is 2.26. The molecule has 0 aromatic heterocycles. The van der Waals surface area contributed by atoms with Crippen molar-refractivity contribution in [3.63, 3.8) is 0 Å². The van der Waals surface area contributed by atoms with E-state index in [-0.39, 0.29) is 12.5 Å². The summed E-state index contributed by atoms with van der Waals surface area (Å²) in [7, 11) is 0. The maximum atomic E-state index is 12.5. The Hall–Kier alpha value is -0.870. The average Bonchev–Trinajstić information content (AvgIpc) is 2.40. The van der Waals surface area contributed by atoms with E-state index in [0.717, 1.165) is 23.7 Å². The molecule has 19 heavy (non-hydrogen) atoms. The van der Waals surface area contributed by atoms with Gasteiger partial charge >= 0.3 is 0 Å². The van der Waals surface area contributed by atoms with Crippen molar-refractivity contribution in [1.82, 2.24) is 4.90 Å². The first-order valence-corrected chi connectivity index (χ1v) is 7.95. The summed E-state index contributed by atoms with van der Waals surface area (Å²) in [5, 5.41) is 9.77. The highest BCUT2D eigenvalue weighted by Gasteiger charge is 2.28. The summed E-state index contributed by atoms with van der Waals surface area (Å²) in [6.45, 7) is 0.791. The Kier molecular flexibility index (Phi) is 5.40. The van der Waals surface area contributed by atoms with Crippen molar-refractivity contribution in [3.8, 4) is 0 Å². The van der Waals surface area contributed by atoms with Crippen LogP contribution in [0, 0.1) is 0 Å². The molecule has 0 bridgehead atoms. The highest BCUT2D eigenvalue weighted by molar-refractivity contribution is 9.08. The van der Waals surface area contributed by atoms with Crippen molar-refractivity contribution >= 4 is 21.8 Å². The van der Waals surface area contributed by atoms with E-state index in [2.05, 4.69) is 15.9 Å². The topological polar surface area (TPSA) is 40.5 Å². The van der Waals surface area contributed by atoms with Gasteiger partial charge in [-0.15, -0.1) is 0 Å². The van der Waals surface area contributed by atoms with E-state index >= 15 is 0 Å². The molecule has 0 radical (unpaired) electrons. The first-order chi connectivity index (χ1) is 9.26. The zero-order valence-electron chi connectivity index (χ0n) is 11.0. The van der Waals surface area contributed by atoms with Gasteiger partial charge in [-0.25, -0.2) is 0 Å². The predicted octanol–water partition coefficient (Wildman–Crippen LogP) is 2.96. The molecule has 1 aliphatic rings. The van der Waals surface area contributed by atoms with E-state index in [1.807, 2.05) is 29.2 Å². The second-order valence-corrected chi connectivity index (χ2v) is 5.55. The second-order valence-electron chi connectivity index (χ2n) is 4.99. The largest absolute Gasteiger partial charge is 0.396 e. The molecule has 1 aliphatic carbocycles. The minimum absolute atomic E-state index is 0.0965. The second kappa shape index (κ2) is 7.06. The predicted molar refractivity (Wildman–Crippen MR) is 79.5 cm³/mol. The fourth-order valence-electron chi connectivity index (χ4n) is 2.29. The number of nitrogens with zero attached hydrogens (tertiary/aromatic N) is 1. The Labute approximate surface area is 122 Å². The van der Waals surface area contributed by atoms with Gasteiger partial charge in [0.1, 0.15) is 0 Å². The molecule has 3 nitrogen and oxygen atoms in total. The molecule has 1 N–H and O–H groups in total. The monoisotopic (exact) mass is 325 g/mol. The number of aliphatic hydroxyl groups is 1. The summed E-state index contributed by atoms with van der Waals surface area (Å²) in [6.07, 6.45) is 4.05. The summed E-state index contributed by atoms with van der Waals surface area (Å²) in [4.78, 5) is 14.5. The minimum Gasteiger partial charge on any atom is -0.396 e. The summed E-state index contributed by atoms with van der Waals surface area (Å²) in [5.41, 5.74) is 1.91. The number of halogens is 1. The van der Waals surface area contributed by atoms with E-state index in [4.69, 9.17) is 5.11 Å². The number of amides is 1. The number of alkyl halides is 1. The molecule has 1 amide bonds. The Morgan fingerprint density at radius 2 is 2.00 bits per heavy atom. The molecular formula is C15H20BrNO2. The molecule has 1 aromatic rings. The minimum atomic E-state index is 0.0965. The zero-order chi connectivity index (χ0) is 13.7. The molecule has 1 saturated carbocycles. The lowest BCUT2D eigenvalue weighted by atomic mass is 9.90. The van der Waals surface area contributed by atoms with Crippen molar-refractivity contribution < 1.29 is 9.90 Å². The first kappa shape index (κ1) is 14.5. The molecule has 104 valence electrons. The Morgan fingerprint density at radius 3 is 2.47 bits per heavy atom. The lowest BCUT2D eigenvalue weighted by Crippen LogP contribution is -2.44. The average molecular weight is 326 g/mol. The van der Waals surface area contributed by atoms with E-state index in [1.54, 1.807) is 0 Å². The Balaban J connectivity index is 2.08. The molecule has 4 heteroatoms. The summed E-state index contributed by atoms with van der Waals surface area (Å²) in [5.74, 6) is 0.0965. The normalized spacial score (nSPS) is 15.1. The quantitative estimate of drug-likeness (QED) is 0.817. The fourth-order valence-corrected chi connectivity index (χ4v) is 2.67. The van der Waals surface area contributed by atoms with E-state index in [0.29, 0.717) is 19.0 Å². The van der Waals surface area contributed by atoms with Gasteiger partial charge < -0.3 is 10.0 Å². The molecule has 0 spiro atoms. The molecule has 1 fully saturated rings. The van der Waals surface area contributed by atoms with Crippen molar-refractivity contribution in [1.29, 1.82) is 0 Å². The number of hydrogen-bond donors (Lipinski definition) is 1. The summed E-state index contributed by atoms with van der Waals surface area (Å²) < 4.78 is 0. The molecule has 0 heterocycles. The van der Waals surface area contributed by atoms with Crippen molar-refractivity contribution in [3.05, 3.63) is 35.4 Å². The van der Waals surface area contributed by atoms with E-state index < -0.39 is 0 Å². The molecule has 1 aromatic carbocycles. The van der Waals surface area contributed by atoms with Gasteiger partial charge in [0.25, 0.3) is 5.91 Å². The van der Waals surface area contributed by atoms with Crippen LogP contribution in [0.15, 0.2) is 24.3 Å². The van der Waals surface area contributed by atoms with Crippen LogP contribution in [0.4, 0.5) is 0 Å². The number of benzene rings is 1. The number of carbonyl (C=O) groups is 1. The Bertz CT molecular complexity index is 415. The zero-order valence-corrected chi connectivity index (χ0v) is 12.6. The number of rotatable bonds is 6. The van der Waals surface area contributed by atoms with Crippen LogP contribution >= 0.6 is 15.9 Å². The van der Waals surface area contributed by atoms with Crippen LogP contribution in [0.3, 0.4) is 0 Å². The van der Waals surface area contributed by atoms with Crippen molar-refractivity contribution in [2.75, 3.05) is 13.2 Å². The van der Waals surface area contributed by atoms with Gasteiger partial charge in [0.05, 0.1) is 0 Å². The van der Waals surface area contributed by atoms with Crippen molar-refractivity contribution in [2.24, 2.45) is 0 Å². The highest BCUT2D eigenvalue weighted by atomic mass is 79.9. The standard InChI is InChI=1S/C15H20BrNO2/c16-11-12-5-7-13(8-6-12)15(19)17(9-2-10-18)14-3-1-4-14/h5-8,14,18H,1-4,9-11H2. The van der Waals surface area contributed by atoms with Crippen LogP contribution in [0.2, 0.25) is 0 Å². The molecule has 0 aliphatic heterocycles. The van der Waals surface area contributed by atoms with Crippen LogP contribution in [-0.4, -0.2) is 35.1 Å².